The van der Waals surface area contributed by atoms with E-state index in [4.69, 9.17) is 0 Å². The predicted molar refractivity (Wildman–Crippen MR) is 84.8 cm³/mol. The van der Waals surface area contributed by atoms with Gasteiger partial charge >= 0.3 is 0 Å². The minimum atomic E-state index is 0.166. The zero-order valence-corrected chi connectivity index (χ0v) is 13.3. The molecule has 4 heterocycles. The van der Waals surface area contributed by atoms with Gasteiger partial charge in [0, 0.05) is 18.0 Å². The van der Waals surface area contributed by atoms with Crippen LogP contribution in [-0.4, -0.2) is 41.7 Å². The lowest BCUT2D eigenvalue weighted by Crippen LogP contribution is -2.39. The molecule has 0 radical (unpaired) electrons. The summed E-state index contributed by atoms with van der Waals surface area (Å²) in [6, 6.07) is 3.98. The Morgan fingerprint density at radius 2 is 2.30 bits per heavy atom. The lowest BCUT2D eigenvalue weighted by molar-refractivity contribution is -0.131. The number of thiophene rings is 1. The fourth-order valence-corrected chi connectivity index (χ4v) is 3.51. The van der Waals surface area contributed by atoms with E-state index in [1.54, 1.807) is 22.3 Å². The molecule has 23 heavy (non-hydrogen) atoms. The van der Waals surface area contributed by atoms with Crippen molar-refractivity contribution in [1.29, 1.82) is 0 Å². The maximum Gasteiger partial charge on any atom is 0.228 e. The SMILES string of the molecule is O=C(Cc1cccs1)N1CCn2c(Cn3cncn3)cnc2C1. The first kappa shape index (κ1) is 14.1. The third-order valence-corrected chi connectivity index (χ3v) is 4.87. The maximum absolute atomic E-state index is 12.4. The molecule has 8 heteroatoms. The van der Waals surface area contributed by atoms with Gasteiger partial charge in [-0.3, -0.25) is 4.79 Å². The Balaban J connectivity index is 1.45. The fourth-order valence-electron chi connectivity index (χ4n) is 2.82. The lowest BCUT2D eigenvalue weighted by atomic mass is 10.2. The zero-order chi connectivity index (χ0) is 15.6. The van der Waals surface area contributed by atoms with Gasteiger partial charge < -0.3 is 9.47 Å². The molecule has 0 aromatic carbocycles. The monoisotopic (exact) mass is 328 g/mol. The Kier molecular flexibility index (Phi) is 3.66. The molecule has 3 aromatic rings. The summed E-state index contributed by atoms with van der Waals surface area (Å²) in [7, 11) is 0. The van der Waals surface area contributed by atoms with Crippen molar-refractivity contribution in [3.05, 3.63) is 52.8 Å². The number of carbonyl (C=O) groups excluding carboxylic acids is 1. The first-order chi connectivity index (χ1) is 11.3. The Bertz CT molecular complexity index is 792. The Labute approximate surface area is 137 Å². The van der Waals surface area contributed by atoms with E-state index in [9.17, 15) is 4.79 Å². The van der Waals surface area contributed by atoms with Gasteiger partial charge in [0.25, 0.3) is 0 Å². The molecule has 0 aliphatic carbocycles. The van der Waals surface area contributed by atoms with Crippen LogP contribution in [0.25, 0.3) is 0 Å². The van der Waals surface area contributed by atoms with Crippen LogP contribution in [0, 0.1) is 0 Å². The standard InChI is InChI=1S/C15H16N6OS/c22-15(6-13-2-1-5-23-13)19-3-4-21-12(7-17-14(21)9-19)8-20-11-16-10-18-20/h1-2,5,7,10-11H,3-4,6,8-9H2. The quantitative estimate of drug-likeness (QED) is 0.721. The molecule has 0 saturated heterocycles. The van der Waals surface area contributed by atoms with Gasteiger partial charge in [0.2, 0.25) is 5.91 Å². The Morgan fingerprint density at radius 1 is 1.35 bits per heavy atom. The normalized spacial score (nSPS) is 14.0. The molecule has 0 atom stereocenters. The van der Waals surface area contributed by atoms with Gasteiger partial charge in [0.1, 0.15) is 18.5 Å². The summed E-state index contributed by atoms with van der Waals surface area (Å²) >= 11 is 1.62. The second kappa shape index (κ2) is 5.96. The van der Waals surface area contributed by atoms with Gasteiger partial charge in [-0.15, -0.1) is 11.3 Å². The first-order valence-electron chi connectivity index (χ1n) is 7.45. The summed E-state index contributed by atoms with van der Waals surface area (Å²) in [6.45, 7) is 2.71. The summed E-state index contributed by atoms with van der Waals surface area (Å²) in [5, 5.41) is 6.13. The van der Waals surface area contributed by atoms with Crippen molar-refractivity contribution in [2.24, 2.45) is 0 Å². The molecule has 0 spiro atoms. The van der Waals surface area contributed by atoms with Crippen LogP contribution < -0.4 is 0 Å². The number of carbonyl (C=O) groups is 1. The van der Waals surface area contributed by atoms with Crippen LogP contribution in [0.3, 0.4) is 0 Å². The van der Waals surface area contributed by atoms with E-state index < -0.39 is 0 Å². The summed E-state index contributed by atoms with van der Waals surface area (Å²) < 4.78 is 3.95. The van der Waals surface area contributed by atoms with Crippen molar-refractivity contribution >= 4 is 17.2 Å². The van der Waals surface area contributed by atoms with Gasteiger partial charge in [-0.05, 0) is 11.4 Å². The number of fused-ring (bicyclic) bond motifs is 1. The lowest BCUT2D eigenvalue weighted by Gasteiger charge is -2.28. The van der Waals surface area contributed by atoms with Crippen molar-refractivity contribution in [2.45, 2.75) is 26.1 Å². The molecule has 0 unspecified atom stereocenters. The highest BCUT2D eigenvalue weighted by Gasteiger charge is 2.23. The van der Waals surface area contributed by atoms with Crippen LogP contribution >= 0.6 is 11.3 Å². The van der Waals surface area contributed by atoms with E-state index in [2.05, 4.69) is 19.6 Å². The van der Waals surface area contributed by atoms with Crippen molar-refractivity contribution in [1.82, 2.24) is 29.2 Å². The number of imidazole rings is 1. The molecule has 1 aliphatic heterocycles. The Hall–Kier alpha value is -2.48. The average Bonchev–Trinajstić information content (AvgIpc) is 3.30. The van der Waals surface area contributed by atoms with Gasteiger partial charge in [0.05, 0.1) is 31.4 Å². The number of hydrogen-bond donors (Lipinski definition) is 0. The van der Waals surface area contributed by atoms with E-state index >= 15 is 0 Å². The zero-order valence-electron chi connectivity index (χ0n) is 12.5. The molecular formula is C15H16N6OS. The third kappa shape index (κ3) is 2.89. The van der Waals surface area contributed by atoms with Crippen LogP contribution in [0.5, 0.6) is 0 Å². The molecule has 0 bridgehead atoms. The molecule has 4 rings (SSSR count). The van der Waals surface area contributed by atoms with Crippen LogP contribution in [0.1, 0.15) is 16.4 Å². The highest BCUT2D eigenvalue weighted by atomic mass is 32.1. The van der Waals surface area contributed by atoms with Gasteiger partial charge in [0.15, 0.2) is 0 Å². The molecule has 0 saturated carbocycles. The van der Waals surface area contributed by atoms with Crippen LogP contribution in [-0.2, 0) is 30.8 Å². The van der Waals surface area contributed by atoms with E-state index in [1.165, 1.54) is 6.33 Å². The summed E-state index contributed by atoms with van der Waals surface area (Å²) in [5.41, 5.74) is 1.09. The van der Waals surface area contributed by atoms with E-state index in [0.29, 0.717) is 19.5 Å². The number of rotatable bonds is 4. The number of hydrogen-bond acceptors (Lipinski definition) is 5. The molecule has 7 nitrogen and oxygen atoms in total. The second-order valence-electron chi connectivity index (χ2n) is 5.48. The van der Waals surface area contributed by atoms with Crippen LogP contribution in [0.2, 0.25) is 0 Å². The van der Waals surface area contributed by atoms with Gasteiger partial charge in [-0.25, -0.2) is 14.6 Å². The molecule has 3 aromatic heterocycles. The molecule has 1 aliphatic rings. The largest absolute Gasteiger partial charge is 0.333 e. The first-order valence-corrected chi connectivity index (χ1v) is 8.33. The van der Waals surface area contributed by atoms with Crippen molar-refractivity contribution in [2.75, 3.05) is 6.54 Å². The third-order valence-electron chi connectivity index (χ3n) is 4.00. The number of aromatic nitrogens is 5. The smallest absolute Gasteiger partial charge is 0.228 e. The number of amides is 1. The van der Waals surface area contributed by atoms with Crippen LogP contribution in [0.4, 0.5) is 0 Å². The van der Waals surface area contributed by atoms with Crippen molar-refractivity contribution in [3.63, 3.8) is 0 Å². The van der Waals surface area contributed by atoms with Crippen molar-refractivity contribution in [3.8, 4) is 0 Å². The molecule has 0 fully saturated rings. The minimum Gasteiger partial charge on any atom is -0.333 e. The molecular weight excluding hydrogens is 312 g/mol. The van der Waals surface area contributed by atoms with Gasteiger partial charge in [-0.1, -0.05) is 6.07 Å². The molecule has 1 amide bonds. The molecule has 118 valence electrons. The number of nitrogens with zero attached hydrogens (tertiary/aromatic N) is 6. The van der Waals surface area contributed by atoms with Gasteiger partial charge in [-0.2, -0.15) is 5.10 Å². The summed E-state index contributed by atoms with van der Waals surface area (Å²) in [4.78, 5) is 23.8. The summed E-state index contributed by atoms with van der Waals surface area (Å²) in [6.07, 6.45) is 5.56. The predicted octanol–water partition coefficient (Wildman–Crippen LogP) is 1.17. The van der Waals surface area contributed by atoms with E-state index in [-0.39, 0.29) is 5.91 Å². The van der Waals surface area contributed by atoms with E-state index in [0.717, 1.165) is 29.5 Å². The highest BCUT2D eigenvalue weighted by Crippen LogP contribution is 2.17. The maximum atomic E-state index is 12.4. The fraction of sp³-hybridized carbons (Fsp3) is 0.333. The minimum absolute atomic E-state index is 0.166. The van der Waals surface area contributed by atoms with Crippen LogP contribution in [0.15, 0.2) is 36.4 Å². The molecule has 0 N–H and O–H groups in total. The average molecular weight is 328 g/mol. The Morgan fingerprint density at radius 3 is 3.09 bits per heavy atom. The topological polar surface area (TPSA) is 68.8 Å². The second-order valence-corrected chi connectivity index (χ2v) is 6.51. The summed E-state index contributed by atoms with van der Waals surface area (Å²) in [5.74, 6) is 1.10. The highest BCUT2D eigenvalue weighted by molar-refractivity contribution is 7.10. The van der Waals surface area contributed by atoms with Crippen molar-refractivity contribution < 1.29 is 4.79 Å². The van der Waals surface area contributed by atoms with E-state index in [1.807, 2.05) is 28.6 Å².